The second-order valence-corrected chi connectivity index (χ2v) is 8.56. The van der Waals surface area contributed by atoms with Gasteiger partial charge in [-0.1, -0.05) is 59.1 Å². The average Bonchev–Trinajstić information content (AvgIpc) is 2.80. The molecule has 0 aliphatic carbocycles. The SMILES string of the molecule is O=c1c2ccccc2c(C=Nc2cc(C(F)(F)F)ccc2Cl)c(O)n1OCc1ccc(Cl)cc1Cl. The Bertz CT molecular complexity index is 1520. The Hall–Kier alpha value is -3.20. The van der Waals surface area contributed by atoms with Gasteiger partial charge in [0.25, 0.3) is 5.56 Å². The fraction of sp³-hybridized carbons (Fsp3) is 0.0833. The maximum Gasteiger partial charge on any atom is 0.416 e. The van der Waals surface area contributed by atoms with Crippen LogP contribution in [0.4, 0.5) is 18.9 Å². The number of aromatic hydroxyl groups is 1. The van der Waals surface area contributed by atoms with E-state index in [4.69, 9.17) is 39.6 Å². The van der Waals surface area contributed by atoms with E-state index in [0.717, 1.165) is 24.4 Å². The van der Waals surface area contributed by atoms with Gasteiger partial charge in [-0.2, -0.15) is 13.2 Å². The van der Waals surface area contributed by atoms with Crippen LogP contribution in [0, 0.1) is 0 Å². The van der Waals surface area contributed by atoms with Crippen molar-refractivity contribution in [2.45, 2.75) is 12.8 Å². The molecule has 0 radical (unpaired) electrons. The van der Waals surface area contributed by atoms with Gasteiger partial charge in [0.2, 0.25) is 5.88 Å². The van der Waals surface area contributed by atoms with Gasteiger partial charge in [-0.15, -0.1) is 4.73 Å². The second-order valence-electron chi connectivity index (χ2n) is 7.31. The Morgan fingerprint density at radius 3 is 2.37 bits per heavy atom. The smallest absolute Gasteiger partial charge is 0.416 e. The van der Waals surface area contributed by atoms with Crippen LogP contribution in [0.25, 0.3) is 10.8 Å². The van der Waals surface area contributed by atoms with E-state index in [0.29, 0.717) is 25.7 Å². The van der Waals surface area contributed by atoms with Crippen molar-refractivity contribution in [3.8, 4) is 5.88 Å². The van der Waals surface area contributed by atoms with Crippen molar-refractivity contribution in [3.63, 3.8) is 0 Å². The summed E-state index contributed by atoms with van der Waals surface area (Å²) in [4.78, 5) is 22.6. The standard InChI is InChI=1S/C24H14Cl3F3N2O3/c25-15-7-5-13(20(27)10-15)12-35-32-22(33)17-4-2-1-3-16(17)18(23(32)34)11-31-21-9-14(24(28,29)30)6-8-19(21)26/h1-11,34H,12H2. The molecule has 0 aliphatic heterocycles. The van der Waals surface area contributed by atoms with Crippen LogP contribution in [0.1, 0.15) is 16.7 Å². The average molecular weight is 542 g/mol. The number of aromatic nitrogens is 1. The van der Waals surface area contributed by atoms with Crippen LogP contribution < -0.4 is 10.4 Å². The first-order chi connectivity index (χ1) is 16.6. The van der Waals surface area contributed by atoms with Crippen molar-refractivity contribution in [1.29, 1.82) is 0 Å². The molecule has 0 atom stereocenters. The summed E-state index contributed by atoms with van der Waals surface area (Å²) in [5.74, 6) is -0.606. The molecule has 0 saturated heterocycles. The molecule has 0 amide bonds. The molecule has 4 rings (SSSR count). The van der Waals surface area contributed by atoms with Gasteiger partial charge in [0, 0.05) is 27.2 Å². The summed E-state index contributed by atoms with van der Waals surface area (Å²) in [7, 11) is 0. The zero-order chi connectivity index (χ0) is 25.3. The van der Waals surface area contributed by atoms with Gasteiger partial charge in [-0.25, -0.2) is 0 Å². The van der Waals surface area contributed by atoms with Gasteiger partial charge in [0.15, 0.2) is 0 Å². The molecule has 3 aromatic carbocycles. The lowest BCUT2D eigenvalue weighted by atomic mass is 10.1. The Morgan fingerprint density at radius 2 is 1.69 bits per heavy atom. The summed E-state index contributed by atoms with van der Waals surface area (Å²) in [6, 6.07) is 13.7. The first-order valence-electron chi connectivity index (χ1n) is 9.91. The molecule has 5 nitrogen and oxygen atoms in total. The summed E-state index contributed by atoms with van der Waals surface area (Å²) < 4.78 is 40.0. The van der Waals surface area contributed by atoms with Gasteiger partial charge in [0.1, 0.15) is 6.61 Å². The predicted molar refractivity (Wildman–Crippen MR) is 130 cm³/mol. The highest BCUT2D eigenvalue weighted by Gasteiger charge is 2.31. The van der Waals surface area contributed by atoms with Crippen LogP contribution >= 0.6 is 34.8 Å². The highest BCUT2D eigenvalue weighted by molar-refractivity contribution is 6.35. The fourth-order valence-electron chi connectivity index (χ4n) is 3.28. The zero-order valence-electron chi connectivity index (χ0n) is 17.5. The van der Waals surface area contributed by atoms with Gasteiger partial charge >= 0.3 is 6.18 Å². The molecule has 1 heterocycles. The van der Waals surface area contributed by atoms with Crippen molar-refractivity contribution in [1.82, 2.24) is 4.73 Å². The maximum atomic E-state index is 13.1. The Labute approximate surface area is 211 Å². The first kappa shape index (κ1) is 24.9. The van der Waals surface area contributed by atoms with Crippen LogP contribution in [0.3, 0.4) is 0 Å². The van der Waals surface area contributed by atoms with Crippen LogP contribution in [-0.4, -0.2) is 16.1 Å². The lowest BCUT2D eigenvalue weighted by Gasteiger charge is -2.15. The third-order valence-corrected chi connectivity index (χ3v) is 5.94. The van der Waals surface area contributed by atoms with Crippen molar-refractivity contribution in [2.75, 3.05) is 0 Å². The Kier molecular flexibility index (Phi) is 6.98. The molecule has 0 spiro atoms. The molecule has 4 aromatic rings. The monoisotopic (exact) mass is 540 g/mol. The molecule has 180 valence electrons. The fourth-order valence-corrected chi connectivity index (χ4v) is 3.91. The number of nitrogens with zero attached hydrogens (tertiary/aromatic N) is 2. The first-order valence-corrected chi connectivity index (χ1v) is 11.0. The van der Waals surface area contributed by atoms with E-state index in [1.165, 1.54) is 12.1 Å². The number of alkyl halides is 3. The number of fused-ring (bicyclic) bond motifs is 1. The molecule has 11 heteroatoms. The number of benzene rings is 3. The molecule has 0 aliphatic rings. The third kappa shape index (κ3) is 5.24. The highest BCUT2D eigenvalue weighted by atomic mass is 35.5. The summed E-state index contributed by atoms with van der Waals surface area (Å²) >= 11 is 18.1. The molecule has 35 heavy (non-hydrogen) atoms. The number of hydrogen-bond donors (Lipinski definition) is 1. The summed E-state index contributed by atoms with van der Waals surface area (Å²) in [6.07, 6.45) is -3.47. The van der Waals surface area contributed by atoms with E-state index in [2.05, 4.69) is 4.99 Å². The van der Waals surface area contributed by atoms with Crippen LogP contribution in [0.2, 0.25) is 15.1 Å². The van der Waals surface area contributed by atoms with Crippen LogP contribution in [0.15, 0.2) is 70.5 Å². The van der Waals surface area contributed by atoms with Gasteiger partial charge < -0.3 is 9.94 Å². The van der Waals surface area contributed by atoms with Crippen LogP contribution in [0.5, 0.6) is 5.88 Å². The minimum Gasteiger partial charge on any atom is -0.492 e. The number of pyridine rings is 1. The quantitative estimate of drug-likeness (QED) is 0.275. The molecular formula is C24H14Cl3F3N2O3. The predicted octanol–water partition coefficient (Wildman–Crippen LogP) is 7.07. The normalized spacial score (nSPS) is 11.9. The molecule has 0 bridgehead atoms. The highest BCUT2D eigenvalue weighted by Crippen LogP contribution is 2.35. The molecular weight excluding hydrogens is 528 g/mol. The minimum atomic E-state index is -4.59. The van der Waals surface area contributed by atoms with Crippen LogP contribution in [-0.2, 0) is 12.8 Å². The Morgan fingerprint density at radius 1 is 0.971 bits per heavy atom. The van der Waals surface area contributed by atoms with Crippen molar-refractivity contribution < 1.29 is 23.1 Å². The molecule has 0 unspecified atom stereocenters. The number of aliphatic imine (C=N–C) groups is 1. The molecule has 1 aromatic heterocycles. The van der Waals surface area contributed by atoms with Crippen molar-refractivity contribution in [2.24, 2.45) is 4.99 Å². The van der Waals surface area contributed by atoms with E-state index in [9.17, 15) is 23.1 Å². The summed E-state index contributed by atoms with van der Waals surface area (Å²) in [5.41, 5.74) is -1.22. The van der Waals surface area contributed by atoms with E-state index in [1.807, 2.05) is 0 Å². The minimum absolute atomic E-state index is 0.0278. The lowest BCUT2D eigenvalue weighted by molar-refractivity contribution is -0.137. The molecule has 0 fully saturated rings. The zero-order valence-corrected chi connectivity index (χ0v) is 19.8. The number of halogens is 6. The number of rotatable bonds is 5. The van der Waals surface area contributed by atoms with Gasteiger partial charge in [-0.3, -0.25) is 9.79 Å². The summed E-state index contributed by atoms with van der Waals surface area (Å²) in [6.45, 7) is -0.183. The van der Waals surface area contributed by atoms with Gasteiger partial charge in [0.05, 0.1) is 27.2 Å². The van der Waals surface area contributed by atoms with Crippen molar-refractivity contribution >= 4 is 57.5 Å². The molecule has 0 saturated carbocycles. The topological polar surface area (TPSA) is 63.8 Å². The van der Waals surface area contributed by atoms with E-state index in [1.54, 1.807) is 30.3 Å². The van der Waals surface area contributed by atoms with E-state index < -0.39 is 23.2 Å². The summed E-state index contributed by atoms with van der Waals surface area (Å²) in [5, 5.41) is 12.0. The maximum absolute atomic E-state index is 13.1. The van der Waals surface area contributed by atoms with E-state index in [-0.39, 0.29) is 28.3 Å². The van der Waals surface area contributed by atoms with E-state index >= 15 is 0 Å². The Balaban J connectivity index is 1.79. The molecule has 1 N–H and O–H groups in total. The second kappa shape index (κ2) is 9.81. The largest absolute Gasteiger partial charge is 0.492 e. The van der Waals surface area contributed by atoms with Crippen molar-refractivity contribution in [3.05, 3.63) is 103 Å². The lowest BCUT2D eigenvalue weighted by Crippen LogP contribution is -2.28. The number of hydrogen-bond acceptors (Lipinski definition) is 4. The third-order valence-electron chi connectivity index (χ3n) is 5.04. The van der Waals surface area contributed by atoms with Gasteiger partial charge in [-0.05, 0) is 36.4 Å².